The minimum Gasteiger partial charge on any atom is -0.273 e. The summed E-state index contributed by atoms with van der Waals surface area (Å²) in [6, 6.07) is 1.90. The van der Waals surface area contributed by atoms with Crippen LogP contribution in [0.5, 0.6) is 0 Å². The molecule has 0 aliphatic rings. The molecular weight excluding hydrogens is 168 g/mol. The van der Waals surface area contributed by atoms with E-state index in [2.05, 4.69) is 5.48 Å². The number of rotatable bonds is 5. The van der Waals surface area contributed by atoms with Crippen LogP contribution in [-0.4, -0.2) is 12.5 Å². The molecule has 0 aromatic heterocycles. The molecule has 0 bridgehead atoms. The first-order valence-electron chi connectivity index (χ1n) is 4.43. The first kappa shape index (κ1) is 11.9. The minimum absolute atomic E-state index is 0.356. The van der Waals surface area contributed by atoms with Gasteiger partial charge in [-0.2, -0.15) is 5.26 Å². The minimum atomic E-state index is -0.604. The third-order valence-electron chi connectivity index (χ3n) is 1.47. The number of nitrogens with one attached hydrogen (secondary N) is 1. The molecule has 1 atom stereocenters. The van der Waals surface area contributed by atoms with Gasteiger partial charge in [0.2, 0.25) is 0 Å². The highest BCUT2D eigenvalue weighted by Gasteiger charge is 2.14. The second-order valence-electron chi connectivity index (χ2n) is 3.26. The second kappa shape index (κ2) is 6.44. The summed E-state index contributed by atoms with van der Waals surface area (Å²) in [7, 11) is 0. The summed E-state index contributed by atoms with van der Waals surface area (Å²) in [5.74, 6) is -0.597. The number of nitriles is 1. The summed E-state index contributed by atoms with van der Waals surface area (Å²) in [5.41, 5.74) is 2.25. The molecule has 13 heavy (non-hydrogen) atoms. The van der Waals surface area contributed by atoms with Gasteiger partial charge in [-0.05, 0) is 12.3 Å². The molecular formula is C9H16N2O2. The molecule has 0 aliphatic carbocycles. The summed E-state index contributed by atoms with van der Waals surface area (Å²) in [6.45, 7) is 6.21. The van der Waals surface area contributed by atoms with Crippen LogP contribution in [0.1, 0.15) is 27.2 Å². The van der Waals surface area contributed by atoms with Crippen molar-refractivity contribution in [3.05, 3.63) is 0 Å². The fourth-order valence-electron chi connectivity index (χ4n) is 0.686. The standard InChI is InChI=1S/C9H16N2O2/c1-4-8(5-10)9(12)11-13-6-7(2)3/h7-8H,4,6H2,1-3H3,(H,11,12). The van der Waals surface area contributed by atoms with E-state index in [9.17, 15) is 4.79 Å². The highest BCUT2D eigenvalue weighted by Crippen LogP contribution is 2.00. The smallest absolute Gasteiger partial charge is 0.260 e. The third kappa shape index (κ3) is 5.21. The highest BCUT2D eigenvalue weighted by atomic mass is 16.6. The van der Waals surface area contributed by atoms with Gasteiger partial charge in [-0.3, -0.25) is 9.63 Å². The Morgan fingerprint density at radius 2 is 2.23 bits per heavy atom. The second-order valence-corrected chi connectivity index (χ2v) is 3.26. The fourth-order valence-corrected chi connectivity index (χ4v) is 0.686. The van der Waals surface area contributed by atoms with Crippen molar-refractivity contribution in [2.45, 2.75) is 27.2 Å². The quantitative estimate of drug-likeness (QED) is 0.654. The van der Waals surface area contributed by atoms with E-state index in [-0.39, 0.29) is 5.91 Å². The topological polar surface area (TPSA) is 62.1 Å². The zero-order valence-corrected chi connectivity index (χ0v) is 8.33. The molecule has 0 radical (unpaired) electrons. The highest BCUT2D eigenvalue weighted by molar-refractivity contribution is 5.79. The van der Waals surface area contributed by atoms with Crippen LogP contribution in [0.2, 0.25) is 0 Å². The summed E-state index contributed by atoms with van der Waals surface area (Å²) >= 11 is 0. The van der Waals surface area contributed by atoms with Crippen LogP contribution < -0.4 is 5.48 Å². The SMILES string of the molecule is CCC(C#N)C(=O)NOCC(C)C. The number of hydrogen-bond acceptors (Lipinski definition) is 3. The number of hydrogen-bond donors (Lipinski definition) is 1. The third-order valence-corrected chi connectivity index (χ3v) is 1.47. The Labute approximate surface area is 78.8 Å². The first-order chi connectivity index (χ1) is 6.11. The van der Waals surface area contributed by atoms with Crippen LogP contribution in [0, 0.1) is 23.2 Å². The molecule has 0 fully saturated rings. The van der Waals surface area contributed by atoms with Crippen molar-refractivity contribution in [3.8, 4) is 6.07 Å². The van der Waals surface area contributed by atoms with Crippen molar-refractivity contribution < 1.29 is 9.63 Å². The number of carbonyl (C=O) groups excluding carboxylic acids is 1. The van der Waals surface area contributed by atoms with E-state index in [1.165, 1.54) is 0 Å². The van der Waals surface area contributed by atoms with Crippen molar-refractivity contribution in [1.29, 1.82) is 5.26 Å². The number of hydroxylamine groups is 1. The Morgan fingerprint density at radius 3 is 2.62 bits per heavy atom. The van der Waals surface area contributed by atoms with E-state index in [0.717, 1.165) is 0 Å². The van der Waals surface area contributed by atoms with Crippen LogP contribution in [0.15, 0.2) is 0 Å². The van der Waals surface area contributed by atoms with Crippen LogP contribution in [0.3, 0.4) is 0 Å². The maximum Gasteiger partial charge on any atom is 0.260 e. The Kier molecular flexibility index (Phi) is 5.90. The molecule has 0 saturated carbocycles. The van der Waals surface area contributed by atoms with Gasteiger partial charge in [0.25, 0.3) is 5.91 Å². The molecule has 4 heteroatoms. The average molecular weight is 184 g/mol. The van der Waals surface area contributed by atoms with Gasteiger partial charge in [-0.25, -0.2) is 5.48 Å². The van der Waals surface area contributed by atoms with Gasteiger partial charge in [0.15, 0.2) is 0 Å². The molecule has 0 aromatic carbocycles. The number of amides is 1. The van der Waals surface area contributed by atoms with Gasteiger partial charge >= 0.3 is 0 Å². The maximum absolute atomic E-state index is 11.1. The van der Waals surface area contributed by atoms with E-state index >= 15 is 0 Å². The lowest BCUT2D eigenvalue weighted by atomic mass is 10.1. The van der Waals surface area contributed by atoms with Crippen LogP contribution >= 0.6 is 0 Å². The molecule has 0 aromatic rings. The summed E-state index contributed by atoms with van der Waals surface area (Å²) in [5, 5.41) is 8.54. The molecule has 0 spiro atoms. The van der Waals surface area contributed by atoms with E-state index in [4.69, 9.17) is 10.1 Å². The largest absolute Gasteiger partial charge is 0.273 e. The van der Waals surface area contributed by atoms with E-state index in [1.54, 1.807) is 6.92 Å². The lowest BCUT2D eigenvalue weighted by Gasteiger charge is -2.09. The molecule has 0 rings (SSSR count). The predicted octanol–water partition coefficient (Wildman–Crippen LogP) is 1.24. The summed E-state index contributed by atoms with van der Waals surface area (Å²) in [6.07, 6.45) is 0.507. The van der Waals surface area contributed by atoms with Gasteiger partial charge in [-0.1, -0.05) is 20.8 Å². The van der Waals surface area contributed by atoms with Crippen molar-refractivity contribution in [2.24, 2.45) is 11.8 Å². The maximum atomic E-state index is 11.1. The van der Waals surface area contributed by atoms with Gasteiger partial charge in [-0.15, -0.1) is 0 Å². The van der Waals surface area contributed by atoms with Crippen molar-refractivity contribution in [1.82, 2.24) is 5.48 Å². The van der Waals surface area contributed by atoms with E-state index in [1.807, 2.05) is 19.9 Å². The predicted molar refractivity (Wildman–Crippen MR) is 48.3 cm³/mol. The Morgan fingerprint density at radius 1 is 1.62 bits per heavy atom. The van der Waals surface area contributed by atoms with E-state index < -0.39 is 5.92 Å². The normalized spacial score (nSPS) is 12.2. The molecule has 1 amide bonds. The average Bonchev–Trinajstić information content (AvgIpc) is 2.05. The molecule has 74 valence electrons. The van der Waals surface area contributed by atoms with E-state index in [0.29, 0.717) is 18.9 Å². The van der Waals surface area contributed by atoms with Gasteiger partial charge in [0, 0.05) is 0 Å². The Balaban J connectivity index is 3.68. The Bertz CT molecular complexity index is 196. The lowest BCUT2D eigenvalue weighted by Crippen LogP contribution is -2.30. The molecule has 0 saturated heterocycles. The number of carbonyl (C=O) groups is 1. The monoisotopic (exact) mass is 184 g/mol. The Hall–Kier alpha value is -1.08. The van der Waals surface area contributed by atoms with Crippen molar-refractivity contribution in [3.63, 3.8) is 0 Å². The van der Waals surface area contributed by atoms with Gasteiger partial charge in [0.05, 0.1) is 12.7 Å². The first-order valence-corrected chi connectivity index (χ1v) is 4.43. The van der Waals surface area contributed by atoms with Crippen molar-refractivity contribution in [2.75, 3.05) is 6.61 Å². The van der Waals surface area contributed by atoms with Crippen LogP contribution in [0.25, 0.3) is 0 Å². The van der Waals surface area contributed by atoms with Crippen LogP contribution in [-0.2, 0) is 9.63 Å². The van der Waals surface area contributed by atoms with Gasteiger partial charge < -0.3 is 0 Å². The zero-order chi connectivity index (χ0) is 10.3. The van der Waals surface area contributed by atoms with Crippen LogP contribution in [0.4, 0.5) is 0 Å². The van der Waals surface area contributed by atoms with Gasteiger partial charge in [0.1, 0.15) is 5.92 Å². The summed E-state index contributed by atoms with van der Waals surface area (Å²) < 4.78 is 0. The molecule has 4 nitrogen and oxygen atoms in total. The lowest BCUT2D eigenvalue weighted by molar-refractivity contribution is -0.136. The fraction of sp³-hybridized carbons (Fsp3) is 0.778. The number of nitrogens with zero attached hydrogens (tertiary/aromatic N) is 1. The molecule has 0 aliphatic heterocycles. The zero-order valence-electron chi connectivity index (χ0n) is 8.33. The molecule has 0 heterocycles. The molecule has 1 N–H and O–H groups in total. The van der Waals surface area contributed by atoms with Crippen molar-refractivity contribution >= 4 is 5.91 Å². The molecule has 1 unspecified atom stereocenters. The summed E-state index contributed by atoms with van der Waals surface area (Å²) in [4.78, 5) is 16.0.